The van der Waals surface area contributed by atoms with Gasteiger partial charge in [0.05, 0.1) is 17.8 Å². The molecule has 0 radical (unpaired) electrons. The molecule has 20 heavy (non-hydrogen) atoms. The number of aromatic amines is 1. The van der Waals surface area contributed by atoms with Crippen LogP contribution >= 0.6 is 11.8 Å². The van der Waals surface area contributed by atoms with Gasteiger partial charge in [-0.15, -0.1) is 11.8 Å². The van der Waals surface area contributed by atoms with E-state index in [4.69, 9.17) is 4.42 Å². The Morgan fingerprint density at radius 1 is 1.25 bits per heavy atom. The van der Waals surface area contributed by atoms with E-state index in [2.05, 4.69) is 47.6 Å². The zero-order valence-electron chi connectivity index (χ0n) is 11.4. The van der Waals surface area contributed by atoms with Gasteiger partial charge in [-0.25, -0.2) is 0 Å². The highest BCUT2D eigenvalue weighted by Crippen LogP contribution is 2.26. The third-order valence-corrected chi connectivity index (χ3v) is 4.19. The van der Waals surface area contributed by atoms with E-state index in [0.717, 1.165) is 18.8 Å². The lowest BCUT2D eigenvalue weighted by atomic mass is 10.3. The van der Waals surface area contributed by atoms with Crippen molar-refractivity contribution in [3.63, 3.8) is 0 Å². The highest BCUT2D eigenvalue weighted by Gasteiger charge is 2.07. The Morgan fingerprint density at radius 2 is 2.15 bits per heavy atom. The first-order valence-corrected chi connectivity index (χ1v) is 7.67. The molecule has 1 atom stereocenters. The van der Waals surface area contributed by atoms with Crippen LogP contribution in [0.2, 0.25) is 0 Å². The maximum atomic E-state index is 5.30. The number of rotatable bonds is 6. The summed E-state index contributed by atoms with van der Waals surface area (Å²) in [4.78, 5) is 3.45. The predicted molar refractivity (Wildman–Crippen MR) is 84.0 cm³/mol. The molecular formula is C16H18N2OS. The second kappa shape index (κ2) is 6.20. The Morgan fingerprint density at radius 3 is 2.95 bits per heavy atom. The van der Waals surface area contributed by atoms with Crippen molar-refractivity contribution in [2.45, 2.75) is 23.7 Å². The molecule has 0 aliphatic rings. The van der Waals surface area contributed by atoms with Gasteiger partial charge in [0.1, 0.15) is 5.76 Å². The van der Waals surface area contributed by atoms with Crippen LogP contribution in [0.5, 0.6) is 0 Å². The minimum absolute atomic E-state index is 0.498. The first-order valence-electron chi connectivity index (χ1n) is 6.79. The largest absolute Gasteiger partial charge is 0.468 e. The van der Waals surface area contributed by atoms with Crippen molar-refractivity contribution in [3.05, 3.63) is 54.5 Å². The van der Waals surface area contributed by atoms with Crippen LogP contribution < -0.4 is 5.32 Å². The van der Waals surface area contributed by atoms with Gasteiger partial charge in [0, 0.05) is 22.7 Å². The maximum absolute atomic E-state index is 5.30. The molecule has 2 heterocycles. The predicted octanol–water partition coefficient (Wildman–Crippen LogP) is 4.03. The van der Waals surface area contributed by atoms with Crippen molar-refractivity contribution < 1.29 is 4.42 Å². The summed E-state index contributed by atoms with van der Waals surface area (Å²) in [6.45, 7) is 3.96. The molecule has 1 aromatic carbocycles. The topological polar surface area (TPSA) is 41.0 Å². The molecular weight excluding hydrogens is 268 g/mol. The minimum atomic E-state index is 0.498. The molecule has 1 unspecified atom stereocenters. The number of nitrogens with one attached hydrogen (secondary N) is 2. The van der Waals surface area contributed by atoms with E-state index < -0.39 is 0 Å². The number of fused-ring (bicyclic) bond motifs is 1. The van der Waals surface area contributed by atoms with Gasteiger partial charge in [-0.1, -0.05) is 25.1 Å². The van der Waals surface area contributed by atoms with Crippen molar-refractivity contribution in [2.24, 2.45) is 0 Å². The van der Waals surface area contributed by atoms with Crippen LogP contribution in [0, 0.1) is 0 Å². The lowest BCUT2D eigenvalue weighted by Gasteiger charge is -2.10. The summed E-state index contributed by atoms with van der Waals surface area (Å²) in [6.07, 6.45) is 1.71. The molecule has 0 amide bonds. The summed E-state index contributed by atoms with van der Waals surface area (Å²) >= 11 is 1.86. The van der Waals surface area contributed by atoms with Crippen LogP contribution in [0.4, 0.5) is 0 Å². The average molecular weight is 286 g/mol. The fraction of sp³-hybridized carbons (Fsp3) is 0.250. The number of hydrogen-bond donors (Lipinski definition) is 2. The Balaban J connectivity index is 1.51. The standard InChI is InChI=1S/C16H18N2OS/c1-12(10-17-11-14-6-4-8-19-14)20-16-9-13-5-2-3-7-15(13)18-16/h2-9,12,17-18H,10-11H2,1H3. The van der Waals surface area contributed by atoms with Gasteiger partial charge in [-0.2, -0.15) is 0 Å². The average Bonchev–Trinajstić information content (AvgIpc) is 3.06. The van der Waals surface area contributed by atoms with E-state index in [-0.39, 0.29) is 0 Å². The van der Waals surface area contributed by atoms with Crippen molar-refractivity contribution >= 4 is 22.7 Å². The van der Waals surface area contributed by atoms with E-state index in [0.29, 0.717) is 5.25 Å². The lowest BCUT2D eigenvalue weighted by Crippen LogP contribution is -2.21. The highest BCUT2D eigenvalue weighted by molar-refractivity contribution is 7.99. The molecule has 0 bridgehead atoms. The summed E-state index contributed by atoms with van der Waals surface area (Å²) < 4.78 is 5.30. The monoisotopic (exact) mass is 286 g/mol. The van der Waals surface area contributed by atoms with Gasteiger partial charge < -0.3 is 14.7 Å². The van der Waals surface area contributed by atoms with Crippen LogP contribution in [0.1, 0.15) is 12.7 Å². The molecule has 4 heteroatoms. The molecule has 0 aliphatic heterocycles. The number of para-hydroxylation sites is 1. The van der Waals surface area contributed by atoms with Crippen LogP contribution in [-0.4, -0.2) is 16.8 Å². The first-order chi connectivity index (χ1) is 9.81. The van der Waals surface area contributed by atoms with Crippen LogP contribution in [-0.2, 0) is 6.54 Å². The van der Waals surface area contributed by atoms with Crippen molar-refractivity contribution in [1.82, 2.24) is 10.3 Å². The number of H-pyrrole nitrogens is 1. The Hall–Kier alpha value is -1.65. The van der Waals surface area contributed by atoms with Crippen LogP contribution in [0.25, 0.3) is 10.9 Å². The molecule has 2 aromatic heterocycles. The summed E-state index contributed by atoms with van der Waals surface area (Å²) in [5, 5.41) is 6.40. The SMILES string of the molecule is CC(CNCc1ccco1)Sc1cc2ccccc2[nH]1. The molecule has 0 saturated heterocycles. The summed E-state index contributed by atoms with van der Waals surface area (Å²) in [6, 6.07) is 14.5. The van der Waals surface area contributed by atoms with E-state index >= 15 is 0 Å². The molecule has 0 fully saturated rings. The Kier molecular flexibility index (Phi) is 4.14. The molecule has 104 valence electrons. The van der Waals surface area contributed by atoms with Gasteiger partial charge in [0.2, 0.25) is 0 Å². The molecule has 0 saturated carbocycles. The number of aromatic nitrogens is 1. The number of hydrogen-bond acceptors (Lipinski definition) is 3. The molecule has 0 aliphatic carbocycles. The first kappa shape index (κ1) is 13.3. The summed E-state index contributed by atoms with van der Waals surface area (Å²) in [7, 11) is 0. The van der Waals surface area contributed by atoms with E-state index in [9.17, 15) is 0 Å². The lowest BCUT2D eigenvalue weighted by molar-refractivity contribution is 0.484. The van der Waals surface area contributed by atoms with Crippen molar-refractivity contribution in [1.29, 1.82) is 0 Å². The number of furan rings is 1. The molecule has 3 nitrogen and oxygen atoms in total. The van der Waals surface area contributed by atoms with Crippen molar-refractivity contribution in [3.8, 4) is 0 Å². The van der Waals surface area contributed by atoms with Crippen LogP contribution in [0.15, 0.2) is 58.2 Å². The zero-order valence-corrected chi connectivity index (χ0v) is 12.2. The van der Waals surface area contributed by atoms with E-state index in [1.165, 1.54) is 15.9 Å². The number of benzene rings is 1. The van der Waals surface area contributed by atoms with Gasteiger partial charge in [-0.05, 0) is 24.3 Å². The molecule has 3 aromatic rings. The Labute approximate surface area is 122 Å². The van der Waals surface area contributed by atoms with Gasteiger partial charge in [0.25, 0.3) is 0 Å². The smallest absolute Gasteiger partial charge is 0.117 e. The normalized spacial score (nSPS) is 12.8. The second-order valence-electron chi connectivity index (χ2n) is 4.86. The van der Waals surface area contributed by atoms with E-state index in [1.54, 1.807) is 6.26 Å². The maximum Gasteiger partial charge on any atom is 0.117 e. The van der Waals surface area contributed by atoms with Crippen molar-refractivity contribution in [2.75, 3.05) is 6.54 Å². The van der Waals surface area contributed by atoms with Gasteiger partial charge in [-0.3, -0.25) is 0 Å². The quantitative estimate of drug-likeness (QED) is 0.672. The third-order valence-electron chi connectivity index (χ3n) is 3.14. The van der Waals surface area contributed by atoms with Gasteiger partial charge in [0.15, 0.2) is 0 Å². The number of thioether (sulfide) groups is 1. The Bertz CT molecular complexity index is 627. The fourth-order valence-electron chi connectivity index (χ4n) is 2.18. The van der Waals surface area contributed by atoms with E-state index in [1.807, 2.05) is 23.9 Å². The highest BCUT2D eigenvalue weighted by atomic mass is 32.2. The second-order valence-corrected chi connectivity index (χ2v) is 6.34. The molecule has 0 spiro atoms. The van der Waals surface area contributed by atoms with Gasteiger partial charge >= 0.3 is 0 Å². The zero-order chi connectivity index (χ0) is 13.8. The summed E-state index contributed by atoms with van der Waals surface area (Å²) in [5.74, 6) is 0.979. The molecule has 3 rings (SSSR count). The third kappa shape index (κ3) is 3.26. The fourth-order valence-corrected chi connectivity index (χ4v) is 3.18. The van der Waals surface area contributed by atoms with Crippen LogP contribution in [0.3, 0.4) is 0 Å². The molecule has 2 N–H and O–H groups in total. The minimum Gasteiger partial charge on any atom is -0.468 e. The summed E-state index contributed by atoms with van der Waals surface area (Å²) in [5.41, 5.74) is 1.20.